The van der Waals surface area contributed by atoms with Crippen molar-refractivity contribution in [1.29, 1.82) is 0 Å². The quantitative estimate of drug-likeness (QED) is 0.229. The van der Waals surface area contributed by atoms with Crippen LogP contribution in [-0.4, -0.2) is 65.5 Å². The molecule has 6 nitrogen and oxygen atoms in total. The summed E-state index contributed by atoms with van der Waals surface area (Å²) in [7, 11) is 0. The lowest BCUT2D eigenvalue weighted by molar-refractivity contribution is -0.512. The van der Waals surface area contributed by atoms with Crippen molar-refractivity contribution in [3.8, 4) is 0 Å². The van der Waals surface area contributed by atoms with Gasteiger partial charge < -0.3 is 9.80 Å². The van der Waals surface area contributed by atoms with E-state index < -0.39 is 0 Å². The van der Waals surface area contributed by atoms with Gasteiger partial charge >= 0.3 is 5.96 Å². The second-order valence-corrected chi connectivity index (χ2v) is 14.6. The highest BCUT2D eigenvalue weighted by Crippen LogP contribution is 2.32. The lowest BCUT2D eigenvalue weighted by Gasteiger charge is -2.49. The summed E-state index contributed by atoms with van der Waals surface area (Å²) in [6.45, 7) is 3.98. The molecule has 3 aromatic rings. The van der Waals surface area contributed by atoms with Gasteiger partial charge in [-0.3, -0.25) is 20.4 Å². The van der Waals surface area contributed by atoms with E-state index in [4.69, 9.17) is 0 Å². The summed E-state index contributed by atoms with van der Waals surface area (Å²) in [5, 5.41) is 10.3. The third-order valence-electron chi connectivity index (χ3n) is 11.3. The van der Waals surface area contributed by atoms with Gasteiger partial charge in [0.05, 0.1) is 12.1 Å². The highest BCUT2D eigenvalue weighted by Gasteiger charge is 2.42. The molecule has 0 aromatic heterocycles. The van der Waals surface area contributed by atoms with E-state index in [0.717, 1.165) is 12.5 Å². The van der Waals surface area contributed by atoms with Crippen LogP contribution in [0.5, 0.6) is 0 Å². The Kier molecular flexibility index (Phi) is 10.2. The Morgan fingerprint density at radius 2 is 1.48 bits per heavy atom. The first-order chi connectivity index (χ1) is 22.7. The largest absolute Gasteiger partial charge is 0.344 e. The highest BCUT2D eigenvalue weighted by atomic mass is 16.2. The molecule has 8 rings (SSSR count). The van der Waals surface area contributed by atoms with Crippen molar-refractivity contribution in [2.75, 3.05) is 19.6 Å². The summed E-state index contributed by atoms with van der Waals surface area (Å²) >= 11 is 0. The third kappa shape index (κ3) is 7.76. The van der Waals surface area contributed by atoms with Crippen LogP contribution in [0.3, 0.4) is 0 Å². The summed E-state index contributed by atoms with van der Waals surface area (Å²) in [6, 6.07) is 26.7. The van der Waals surface area contributed by atoms with Gasteiger partial charge in [-0.25, -0.2) is 0 Å². The van der Waals surface area contributed by atoms with Crippen molar-refractivity contribution >= 4 is 22.6 Å². The van der Waals surface area contributed by atoms with E-state index in [1.165, 1.54) is 112 Å². The van der Waals surface area contributed by atoms with Crippen molar-refractivity contribution in [3.05, 3.63) is 83.9 Å². The predicted octanol–water partition coefficient (Wildman–Crippen LogP) is 5.16. The van der Waals surface area contributed by atoms with Gasteiger partial charge in [0.2, 0.25) is 0 Å². The molecule has 0 radical (unpaired) electrons. The number of nitrogens with one attached hydrogen (secondary N) is 3. The fourth-order valence-corrected chi connectivity index (χ4v) is 8.63. The fraction of sp³-hybridized carbons (Fsp3) is 0.550. The molecule has 0 spiro atoms. The molecule has 2 bridgehead atoms. The third-order valence-corrected chi connectivity index (χ3v) is 11.3. The Bertz CT molecular complexity index is 1450. The zero-order valence-electron chi connectivity index (χ0n) is 27.6. The molecule has 2 saturated carbocycles. The van der Waals surface area contributed by atoms with Gasteiger partial charge in [-0.2, -0.15) is 0 Å². The lowest BCUT2D eigenvalue weighted by Crippen LogP contribution is -2.86. The first kappa shape index (κ1) is 31.2. The molecule has 2 aliphatic carbocycles. The molecule has 3 heterocycles. The first-order valence-electron chi connectivity index (χ1n) is 18.4. The van der Waals surface area contributed by atoms with Crippen LogP contribution < -0.4 is 15.6 Å². The van der Waals surface area contributed by atoms with Crippen LogP contribution in [0.4, 0.5) is 0 Å². The molecular formula is C40H54N5O+. The number of carbonyl (C=O) groups is 1. The number of piperidine rings is 3. The van der Waals surface area contributed by atoms with Crippen LogP contribution in [-0.2, 0) is 17.8 Å². The number of hydrogen-bond acceptors (Lipinski definition) is 2. The molecule has 3 N–H and O–H groups in total. The maximum Gasteiger partial charge on any atom is 0.344 e. The molecular weight excluding hydrogens is 566 g/mol. The average molecular weight is 621 g/mol. The van der Waals surface area contributed by atoms with E-state index in [0.29, 0.717) is 31.0 Å². The van der Waals surface area contributed by atoms with E-state index in [1.54, 1.807) is 0 Å². The minimum absolute atomic E-state index is 0.226. The predicted molar refractivity (Wildman–Crippen MR) is 187 cm³/mol. The highest BCUT2D eigenvalue weighted by molar-refractivity contribution is 5.88. The SMILES string of the molecule is O=C([C@H](Cc1ccc2ccccc2c1)NC(NC1CCCCC1)=[NH+]C1CCCCC1)N(Cc1ccccc1)C1CN2CCC1CC2. The second kappa shape index (κ2) is 15.0. The van der Waals surface area contributed by atoms with Crippen LogP contribution >= 0.6 is 0 Å². The number of amides is 1. The molecule has 1 unspecified atom stereocenters. The van der Waals surface area contributed by atoms with Gasteiger partial charge in [-0.15, -0.1) is 0 Å². The number of carbonyl (C=O) groups excluding carboxylic acids is 1. The van der Waals surface area contributed by atoms with E-state index in [9.17, 15) is 0 Å². The van der Waals surface area contributed by atoms with Gasteiger partial charge in [-0.1, -0.05) is 111 Å². The van der Waals surface area contributed by atoms with Crippen molar-refractivity contribution < 1.29 is 9.79 Å². The summed E-state index contributed by atoms with van der Waals surface area (Å²) in [5.74, 6) is 1.78. The zero-order valence-corrected chi connectivity index (χ0v) is 27.6. The fourth-order valence-electron chi connectivity index (χ4n) is 8.63. The molecule has 6 heteroatoms. The smallest absolute Gasteiger partial charge is 0.331 e. The summed E-state index contributed by atoms with van der Waals surface area (Å²) < 4.78 is 0. The molecule has 1 amide bonds. The standard InChI is InChI=1S/C40H53N5O/c46-39(45(28-30-12-4-1-5-13-30)38-29-44-24-22-33(38)23-25-44)37(27-31-20-21-32-14-10-11-15-34(32)26-31)43-40(41-35-16-6-2-7-17-35)42-36-18-8-3-9-19-36/h1,4-5,10-15,20-21,26,33,35-38H,2-3,6-9,16-19,22-25,27-29H2,(H2,41,42,43)/p+1/t37-,38?/m0/s1. The van der Waals surface area contributed by atoms with Gasteiger partial charge in [0.15, 0.2) is 6.04 Å². The van der Waals surface area contributed by atoms with E-state index in [1.807, 2.05) is 0 Å². The minimum atomic E-state index is -0.373. The Morgan fingerprint density at radius 3 is 2.20 bits per heavy atom. The van der Waals surface area contributed by atoms with Gasteiger partial charge in [-0.05, 0) is 79.4 Å². The zero-order chi connectivity index (χ0) is 31.1. The number of benzene rings is 3. The Hall–Kier alpha value is -3.38. The molecule has 46 heavy (non-hydrogen) atoms. The van der Waals surface area contributed by atoms with E-state index in [-0.39, 0.29) is 18.0 Å². The summed E-state index contributed by atoms with van der Waals surface area (Å²) in [4.78, 5) is 23.9. The molecule has 5 fully saturated rings. The van der Waals surface area contributed by atoms with Crippen LogP contribution in [0, 0.1) is 5.92 Å². The average Bonchev–Trinajstić information content (AvgIpc) is 3.12. The van der Waals surface area contributed by atoms with Crippen LogP contribution in [0.15, 0.2) is 72.8 Å². The Balaban J connectivity index is 1.22. The first-order valence-corrected chi connectivity index (χ1v) is 18.4. The monoisotopic (exact) mass is 620 g/mol. The lowest BCUT2D eigenvalue weighted by atomic mass is 9.82. The molecule has 2 atom stereocenters. The number of guanidine groups is 1. The Labute approximate surface area is 276 Å². The topological polar surface area (TPSA) is 61.6 Å². The number of fused-ring (bicyclic) bond motifs is 4. The number of hydrogen-bond donors (Lipinski definition) is 3. The Morgan fingerprint density at radius 1 is 0.783 bits per heavy atom. The van der Waals surface area contributed by atoms with Gasteiger partial charge in [0.1, 0.15) is 0 Å². The number of nitrogens with zero attached hydrogens (tertiary/aromatic N) is 2. The van der Waals surface area contributed by atoms with Crippen molar-refractivity contribution in [2.45, 2.75) is 114 Å². The van der Waals surface area contributed by atoms with Crippen molar-refractivity contribution in [3.63, 3.8) is 0 Å². The van der Waals surface area contributed by atoms with E-state index >= 15 is 4.79 Å². The molecule has 244 valence electrons. The van der Waals surface area contributed by atoms with Crippen LogP contribution in [0.1, 0.15) is 88.2 Å². The van der Waals surface area contributed by atoms with Gasteiger partial charge in [0, 0.05) is 25.6 Å². The summed E-state index contributed by atoms with van der Waals surface area (Å²) in [5.41, 5.74) is 2.41. The van der Waals surface area contributed by atoms with Crippen molar-refractivity contribution in [1.82, 2.24) is 20.4 Å². The maximum absolute atomic E-state index is 15.2. The maximum atomic E-state index is 15.2. The molecule has 5 aliphatic rings. The molecule has 3 aliphatic heterocycles. The van der Waals surface area contributed by atoms with Crippen LogP contribution in [0.2, 0.25) is 0 Å². The second-order valence-electron chi connectivity index (χ2n) is 14.6. The summed E-state index contributed by atoms with van der Waals surface area (Å²) in [6.07, 6.45) is 15.6. The molecule has 3 saturated heterocycles. The molecule has 3 aromatic carbocycles. The van der Waals surface area contributed by atoms with Gasteiger partial charge in [0.25, 0.3) is 5.91 Å². The van der Waals surface area contributed by atoms with Crippen molar-refractivity contribution in [2.24, 2.45) is 5.92 Å². The van der Waals surface area contributed by atoms with Crippen LogP contribution in [0.25, 0.3) is 10.8 Å². The van der Waals surface area contributed by atoms with E-state index in [2.05, 4.69) is 98.2 Å². The number of rotatable bonds is 9. The minimum Gasteiger partial charge on any atom is -0.331 e. The normalized spacial score (nSPS) is 24.9.